The van der Waals surface area contributed by atoms with Crippen LogP contribution in [-0.2, 0) is 19.5 Å². The van der Waals surface area contributed by atoms with Crippen molar-refractivity contribution in [2.24, 2.45) is 5.92 Å². The van der Waals surface area contributed by atoms with Gasteiger partial charge in [0.25, 0.3) is 5.91 Å². The van der Waals surface area contributed by atoms with Gasteiger partial charge in [-0.3, -0.25) is 4.79 Å². The Morgan fingerprint density at radius 1 is 1.23 bits per heavy atom. The summed E-state index contributed by atoms with van der Waals surface area (Å²) in [6, 6.07) is 9.85. The minimum absolute atomic E-state index is 0.148. The molecule has 26 heavy (non-hydrogen) atoms. The number of halogens is 1. The van der Waals surface area contributed by atoms with Crippen LogP contribution in [0.3, 0.4) is 0 Å². The van der Waals surface area contributed by atoms with Gasteiger partial charge in [0, 0.05) is 29.7 Å². The van der Waals surface area contributed by atoms with Gasteiger partial charge in [0.15, 0.2) is 0 Å². The lowest BCUT2D eigenvalue weighted by Crippen LogP contribution is -2.13. The van der Waals surface area contributed by atoms with Crippen LogP contribution in [0.1, 0.15) is 41.2 Å². The molecule has 0 atom stereocenters. The molecule has 3 aromatic rings. The van der Waals surface area contributed by atoms with E-state index in [-0.39, 0.29) is 5.91 Å². The molecule has 0 aliphatic carbocycles. The number of imidazole rings is 1. The number of amides is 1. The number of carbonyl (C=O) groups excluding carboxylic acids is 1. The van der Waals surface area contributed by atoms with Gasteiger partial charge in [0.2, 0.25) is 0 Å². The molecule has 0 saturated heterocycles. The average Bonchev–Trinajstić information content (AvgIpc) is 3.18. The lowest BCUT2D eigenvalue weighted by molar-refractivity contribution is 0.102. The highest BCUT2D eigenvalue weighted by Crippen LogP contribution is 2.25. The Bertz CT molecular complexity index is 993. The quantitative estimate of drug-likeness (QED) is 0.595. The molecule has 0 bridgehead atoms. The summed E-state index contributed by atoms with van der Waals surface area (Å²) in [4.78, 5) is 20.9. The maximum atomic E-state index is 12.9. The maximum absolute atomic E-state index is 12.9. The molecular weight excluding hydrogens is 392 g/mol. The molecule has 0 fully saturated rings. The Morgan fingerprint density at radius 2 is 2.04 bits per heavy atom. The second kappa shape index (κ2) is 6.85. The molecule has 2 heterocycles. The fourth-order valence-electron chi connectivity index (χ4n) is 3.36. The third-order valence-electron chi connectivity index (χ3n) is 4.54. The van der Waals surface area contributed by atoms with Crippen LogP contribution in [0.5, 0.6) is 0 Å². The molecule has 0 spiro atoms. The van der Waals surface area contributed by atoms with Gasteiger partial charge in [0.05, 0.1) is 11.1 Å². The normalized spacial score (nSPS) is 13.4. The predicted octanol–water partition coefficient (Wildman–Crippen LogP) is 4.38. The molecule has 1 aliphatic rings. The number of benzene rings is 2. The smallest absolute Gasteiger partial charge is 0.257 e. The third-order valence-corrected chi connectivity index (χ3v) is 5.00. The molecule has 134 valence electrons. The first kappa shape index (κ1) is 17.2. The van der Waals surface area contributed by atoms with Gasteiger partial charge in [-0.05, 0) is 41.3 Å². The number of aromatic amines is 1. The van der Waals surface area contributed by atoms with E-state index in [1.165, 1.54) is 11.1 Å². The second-order valence-electron chi connectivity index (χ2n) is 7.17. The standard InChI is InChI=1S/C20H21BrN4O/c1-11(2)5-18-24-17-8-14(21)7-16(19(17)25-18)20(26)23-15-4-3-12-9-22-10-13(12)6-15/h3-4,6-8,11,22H,5,9-10H2,1-2H3,(H,23,26)(H,24,25). The Morgan fingerprint density at radius 3 is 2.85 bits per heavy atom. The van der Waals surface area contributed by atoms with Gasteiger partial charge in [-0.2, -0.15) is 0 Å². The molecule has 1 aliphatic heterocycles. The van der Waals surface area contributed by atoms with Crippen LogP contribution in [-0.4, -0.2) is 15.9 Å². The van der Waals surface area contributed by atoms with E-state index in [2.05, 4.69) is 56.4 Å². The van der Waals surface area contributed by atoms with Gasteiger partial charge in [-0.1, -0.05) is 35.8 Å². The predicted molar refractivity (Wildman–Crippen MR) is 107 cm³/mol. The number of hydrogen-bond donors (Lipinski definition) is 3. The second-order valence-corrected chi connectivity index (χ2v) is 8.09. The number of nitrogens with zero attached hydrogens (tertiary/aromatic N) is 1. The van der Waals surface area contributed by atoms with E-state index in [0.717, 1.165) is 41.0 Å². The van der Waals surface area contributed by atoms with Gasteiger partial charge in [0.1, 0.15) is 11.3 Å². The SMILES string of the molecule is CC(C)Cc1nc2c(C(=O)Nc3ccc4c(c3)CNC4)cc(Br)cc2[nH]1. The summed E-state index contributed by atoms with van der Waals surface area (Å²) in [5.74, 6) is 1.26. The number of aromatic nitrogens is 2. The molecule has 6 heteroatoms. The van der Waals surface area contributed by atoms with Crippen molar-refractivity contribution >= 4 is 38.6 Å². The zero-order valence-corrected chi connectivity index (χ0v) is 16.4. The Labute approximate surface area is 160 Å². The van der Waals surface area contributed by atoms with E-state index in [4.69, 9.17) is 0 Å². The summed E-state index contributed by atoms with van der Waals surface area (Å²) >= 11 is 3.50. The van der Waals surface area contributed by atoms with Crippen molar-refractivity contribution < 1.29 is 4.79 Å². The largest absolute Gasteiger partial charge is 0.342 e. The number of nitrogens with one attached hydrogen (secondary N) is 3. The van der Waals surface area contributed by atoms with Crippen molar-refractivity contribution in [2.45, 2.75) is 33.4 Å². The van der Waals surface area contributed by atoms with Crippen molar-refractivity contribution in [1.29, 1.82) is 0 Å². The minimum Gasteiger partial charge on any atom is -0.342 e. The zero-order valence-electron chi connectivity index (χ0n) is 14.8. The van der Waals surface area contributed by atoms with Crippen LogP contribution in [0.4, 0.5) is 5.69 Å². The lowest BCUT2D eigenvalue weighted by atomic mass is 10.1. The summed E-state index contributed by atoms with van der Waals surface area (Å²) in [5.41, 5.74) is 5.49. The molecule has 0 radical (unpaired) electrons. The molecule has 0 saturated carbocycles. The molecule has 4 rings (SSSR count). The van der Waals surface area contributed by atoms with Crippen molar-refractivity contribution in [3.63, 3.8) is 0 Å². The van der Waals surface area contributed by atoms with E-state index in [0.29, 0.717) is 17.0 Å². The fraction of sp³-hybridized carbons (Fsp3) is 0.300. The van der Waals surface area contributed by atoms with Crippen molar-refractivity contribution in [3.8, 4) is 0 Å². The first-order chi connectivity index (χ1) is 12.5. The van der Waals surface area contributed by atoms with Crippen LogP contribution in [0.2, 0.25) is 0 Å². The first-order valence-corrected chi connectivity index (χ1v) is 9.61. The average molecular weight is 413 g/mol. The number of H-pyrrole nitrogens is 1. The van der Waals surface area contributed by atoms with Gasteiger partial charge in [-0.25, -0.2) is 4.98 Å². The fourth-order valence-corrected chi connectivity index (χ4v) is 3.82. The van der Waals surface area contributed by atoms with Crippen LogP contribution >= 0.6 is 15.9 Å². The van der Waals surface area contributed by atoms with Crippen LogP contribution < -0.4 is 10.6 Å². The van der Waals surface area contributed by atoms with Crippen molar-refractivity contribution in [1.82, 2.24) is 15.3 Å². The molecule has 1 aromatic heterocycles. The van der Waals surface area contributed by atoms with E-state index in [1.807, 2.05) is 24.3 Å². The topological polar surface area (TPSA) is 69.8 Å². The molecule has 3 N–H and O–H groups in total. The number of hydrogen-bond acceptors (Lipinski definition) is 3. The molecule has 2 aromatic carbocycles. The van der Waals surface area contributed by atoms with Crippen LogP contribution in [0, 0.1) is 5.92 Å². The van der Waals surface area contributed by atoms with Gasteiger partial charge >= 0.3 is 0 Å². The molecule has 0 unspecified atom stereocenters. The number of anilines is 1. The van der Waals surface area contributed by atoms with Crippen LogP contribution in [0.15, 0.2) is 34.8 Å². The number of fused-ring (bicyclic) bond motifs is 2. The number of carbonyl (C=O) groups is 1. The summed E-state index contributed by atoms with van der Waals surface area (Å²) in [7, 11) is 0. The third kappa shape index (κ3) is 3.39. The Hall–Kier alpha value is -2.18. The van der Waals surface area contributed by atoms with Crippen molar-refractivity contribution in [3.05, 3.63) is 57.3 Å². The highest BCUT2D eigenvalue weighted by Gasteiger charge is 2.17. The first-order valence-electron chi connectivity index (χ1n) is 8.81. The summed E-state index contributed by atoms with van der Waals surface area (Å²) in [6.45, 7) is 6.04. The highest BCUT2D eigenvalue weighted by molar-refractivity contribution is 9.10. The van der Waals surface area contributed by atoms with E-state index in [9.17, 15) is 4.79 Å². The Kier molecular flexibility index (Phi) is 4.54. The summed E-state index contributed by atoms with van der Waals surface area (Å²) in [6.07, 6.45) is 0.852. The molecular formula is C20H21BrN4O. The molecule has 5 nitrogen and oxygen atoms in total. The maximum Gasteiger partial charge on any atom is 0.257 e. The minimum atomic E-state index is -0.148. The van der Waals surface area contributed by atoms with E-state index < -0.39 is 0 Å². The lowest BCUT2D eigenvalue weighted by Gasteiger charge is -2.08. The zero-order chi connectivity index (χ0) is 18.3. The number of rotatable bonds is 4. The summed E-state index contributed by atoms with van der Waals surface area (Å²) < 4.78 is 0.855. The van der Waals surface area contributed by atoms with Crippen molar-refractivity contribution in [2.75, 3.05) is 5.32 Å². The molecule has 1 amide bonds. The van der Waals surface area contributed by atoms with E-state index in [1.54, 1.807) is 0 Å². The van der Waals surface area contributed by atoms with Gasteiger partial charge in [-0.15, -0.1) is 0 Å². The highest BCUT2D eigenvalue weighted by atomic mass is 79.9. The van der Waals surface area contributed by atoms with Crippen LogP contribution in [0.25, 0.3) is 11.0 Å². The monoisotopic (exact) mass is 412 g/mol. The summed E-state index contributed by atoms with van der Waals surface area (Å²) in [5, 5.41) is 6.33. The Balaban J connectivity index is 1.66. The van der Waals surface area contributed by atoms with E-state index >= 15 is 0 Å². The van der Waals surface area contributed by atoms with Gasteiger partial charge < -0.3 is 15.6 Å².